The molecule has 0 saturated heterocycles. The average molecular weight is 484 g/mol. The van der Waals surface area contributed by atoms with Gasteiger partial charge in [-0.25, -0.2) is 9.48 Å². The van der Waals surface area contributed by atoms with E-state index in [-0.39, 0.29) is 11.6 Å². The molecule has 8 nitrogen and oxygen atoms in total. The van der Waals surface area contributed by atoms with Gasteiger partial charge in [-0.05, 0) is 64.4 Å². The number of aromatic nitrogens is 2. The van der Waals surface area contributed by atoms with Crippen molar-refractivity contribution in [2.24, 2.45) is 0 Å². The lowest BCUT2D eigenvalue weighted by atomic mass is 10.1. The number of carbonyl (C=O) groups is 1. The molecular weight excluding hydrogens is 454 g/mol. The molecule has 0 N–H and O–H groups in total. The fourth-order valence-electron chi connectivity index (χ4n) is 3.13. The minimum absolute atomic E-state index is 0.0219. The largest absolute Gasteiger partial charge is 0.494 e. The third kappa shape index (κ3) is 5.96. The number of aryl methyl sites for hydroxylation is 1. The van der Waals surface area contributed by atoms with E-state index in [9.17, 15) is 14.9 Å². The molecule has 0 radical (unpaired) electrons. The van der Waals surface area contributed by atoms with Crippen LogP contribution in [-0.2, 0) is 5.54 Å². The molecule has 1 heterocycles. The monoisotopic (exact) mass is 483 g/mol. The zero-order chi connectivity index (χ0) is 24.9. The Labute approximate surface area is 203 Å². The summed E-state index contributed by atoms with van der Waals surface area (Å²) in [5.41, 5.74) is 0.467. The van der Waals surface area contributed by atoms with Crippen LogP contribution in [0.3, 0.4) is 0 Å². The van der Waals surface area contributed by atoms with Gasteiger partial charge in [0.25, 0.3) is 5.69 Å². The molecule has 0 aliphatic heterocycles. The molecule has 0 aliphatic carbocycles. The van der Waals surface area contributed by atoms with Crippen molar-refractivity contribution < 1.29 is 19.2 Å². The Kier molecular flexibility index (Phi) is 7.98. The highest BCUT2D eigenvalue weighted by atomic mass is 32.2. The van der Waals surface area contributed by atoms with Crippen LogP contribution in [0.1, 0.15) is 56.6 Å². The number of nitro groups is 1. The first kappa shape index (κ1) is 25.3. The van der Waals surface area contributed by atoms with Gasteiger partial charge in [0, 0.05) is 6.07 Å². The van der Waals surface area contributed by atoms with E-state index < -0.39 is 16.4 Å². The maximum atomic E-state index is 13.0. The number of carbonyl (C=O) groups excluding carboxylic acids is 1. The molecule has 0 unspecified atom stereocenters. The van der Waals surface area contributed by atoms with Crippen molar-refractivity contribution in [2.75, 3.05) is 6.61 Å². The highest BCUT2D eigenvalue weighted by molar-refractivity contribution is 7.99. The Balaban J connectivity index is 1.92. The van der Waals surface area contributed by atoms with Crippen LogP contribution >= 0.6 is 11.8 Å². The number of para-hydroxylation sites is 1. The van der Waals surface area contributed by atoms with Crippen LogP contribution in [0.2, 0.25) is 0 Å². The molecule has 0 fully saturated rings. The molecule has 3 rings (SSSR count). The molecular formula is C25H29N3O5S. The van der Waals surface area contributed by atoms with Crippen molar-refractivity contribution in [1.82, 2.24) is 9.78 Å². The van der Waals surface area contributed by atoms with E-state index in [4.69, 9.17) is 9.47 Å². The van der Waals surface area contributed by atoms with Crippen molar-refractivity contribution in [1.29, 1.82) is 0 Å². The molecule has 1 aromatic heterocycles. The molecule has 0 spiro atoms. The SMILES string of the molecule is CCCCOc1ccc(C(=O)Oc2c(Sc3ccccc3[N+](=O)[O-])c(C)nn2C(C)(C)C)cc1. The predicted molar refractivity (Wildman–Crippen MR) is 131 cm³/mol. The number of hydrogen-bond donors (Lipinski definition) is 0. The van der Waals surface area contributed by atoms with Crippen LogP contribution < -0.4 is 9.47 Å². The first-order chi connectivity index (χ1) is 16.1. The molecule has 0 amide bonds. The Morgan fingerprint density at radius 2 is 1.82 bits per heavy atom. The number of ether oxygens (including phenoxy) is 2. The Morgan fingerprint density at radius 3 is 2.44 bits per heavy atom. The number of esters is 1. The van der Waals surface area contributed by atoms with Crippen LogP contribution in [0.25, 0.3) is 0 Å². The summed E-state index contributed by atoms with van der Waals surface area (Å²) >= 11 is 1.16. The second kappa shape index (κ2) is 10.7. The van der Waals surface area contributed by atoms with Gasteiger partial charge in [0.15, 0.2) is 0 Å². The number of rotatable bonds is 9. The number of nitrogens with zero attached hydrogens (tertiary/aromatic N) is 3. The van der Waals surface area contributed by atoms with Crippen molar-refractivity contribution in [3.63, 3.8) is 0 Å². The van der Waals surface area contributed by atoms with E-state index in [1.54, 1.807) is 54.1 Å². The van der Waals surface area contributed by atoms with Gasteiger partial charge >= 0.3 is 5.97 Å². The minimum atomic E-state index is -0.546. The van der Waals surface area contributed by atoms with Gasteiger partial charge in [-0.1, -0.05) is 37.2 Å². The first-order valence-corrected chi connectivity index (χ1v) is 11.9. The molecule has 0 aliphatic rings. The van der Waals surface area contributed by atoms with Crippen molar-refractivity contribution >= 4 is 23.4 Å². The zero-order valence-electron chi connectivity index (χ0n) is 20.0. The number of hydrogen-bond acceptors (Lipinski definition) is 7. The van der Waals surface area contributed by atoms with Crippen molar-refractivity contribution in [3.8, 4) is 11.6 Å². The summed E-state index contributed by atoms with van der Waals surface area (Å²) < 4.78 is 13.1. The lowest BCUT2D eigenvalue weighted by molar-refractivity contribution is -0.387. The maximum Gasteiger partial charge on any atom is 0.344 e. The van der Waals surface area contributed by atoms with E-state index in [1.165, 1.54) is 6.07 Å². The molecule has 180 valence electrons. The third-order valence-corrected chi connectivity index (χ3v) is 6.16. The van der Waals surface area contributed by atoms with Gasteiger partial charge in [0.1, 0.15) is 5.75 Å². The fourth-order valence-corrected chi connectivity index (χ4v) is 4.14. The Bertz CT molecular complexity index is 1170. The van der Waals surface area contributed by atoms with Gasteiger partial charge in [-0.3, -0.25) is 10.1 Å². The predicted octanol–water partition coefficient (Wildman–Crippen LogP) is 6.40. The third-order valence-electron chi connectivity index (χ3n) is 4.92. The van der Waals surface area contributed by atoms with Gasteiger partial charge in [0.2, 0.25) is 5.88 Å². The number of nitro benzene ring substituents is 1. The summed E-state index contributed by atoms with van der Waals surface area (Å²) in [4.78, 5) is 25.1. The van der Waals surface area contributed by atoms with E-state index in [0.29, 0.717) is 33.4 Å². The Morgan fingerprint density at radius 1 is 1.15 bits per heavy atom. The molecule has 0 bridgehead atoms. The summed E-state index contributed by atoms with van der Waals surface area (Å²) in [5.74, 6) is 0.393. The second-order valence-corrected chi connectivity index (χ2v) is 9.80. The topological polar surface area (TPSA) is 96.5 Å². The first-order valence-electron chi connectivity index (χ1n) is 11.1. The molecule has 3 aromatic rings. The second-order valence-electron chi connectivity index (χ2n) is 8.75. The summed E-state index contributed by atoms with van der Waals surface area (Å²) in [6.45, 7) is 10.3. The lowest BCUT2D eigenvalue weighted by Crippen LogP contribution is -2.25. The summed E-state index contributed by atoms with van der Waals surface area (Å²) in [5, 5.41) is 16.1. The summed E-state index contributed by atoms with van der Waals surface area (Å²) in [6.07, 6.45) is 2.00. The quantitative estimate of drug-likeness (QED) is 0.150. The number of benzene rings is 2. The highest BCUT2D eigenvalue weighted by Crippen LogP contribution is 2.43. The van der Waals surface area contributed by atoms with E-state index in [1.807, 2.05) is 20.8 Å². The minimum Gasteiger partial charge on any atom is -0.494 e. The fraction of sp³-hybridized carbons (Fsp3) is 0.360. The molecule has 9 heteroatoms. The molecule has 34 heavy (non-hydrogen) atoms. The molecule has 0 saturated carbocycles. The van der Waals surface area contributed by atoms with Gasteiger partial charge in [-0.2, -0.15) is 5.10 Å². The maximum absolute atomic E-state index is 13.0. The highest BCUT2D eigenvalue weighted by Gasteiger charge is 2.29. The van der Waals surface area contributed by atoms with E-state index >= 15 is 0 Å². The summed E-state index contributed by atoms with van der Waals surface area (Å²) in [7, 11) is 0. The van der Waals surface area contributed by atoms with Gasteiger partial charge in [-0.15, -0.1) is 0 Å². The zero-order valence-corrected chi connectivity index (χ0v) is 20.8. The van der Waals surface area contributed by atoms with Crippen LogP contribution in [0.15, 0.2) is 58.3 Å². The molecule has 2 aromatic carbocycles. The van der Waals surface area contributed by atoms with Gasteiger partial charge in [0.05, 0.1) is 38.1 Å². The van der Waals surface area contributed by atoms with Crippen LogP contribution in [0, 0.1) is 17.0 Å². The lowest BCUT2D eigenvalue weighted by Gasteiger charge is -2.22. The standard InChI is InChI=1S/C25H29N3O5S/c1-6-7-16-32-19-14-12-18(13-15-19)24(29)33-23-22(17(2)26-27(23)25(3,4)5)34-21-11-9-8-10-20(21)28(30)31/h8-15H,6-7,16H2,1-5H3. The van der Waals surface area contributed by atoms with Crippen LogP contribution in [0.5, 0.6) is 11.6 Å². The van der Waals surface area contributed by atoms with E-state index in [0.717, 1.165) is 24.6 Å². The summed E-state index contributed by atoms with van der Waals surface area (Å²) in [6, 6.07) is 13.2. The molecule has 0 atom stereocenters. The van der Waals surface area contributed by atoms with Crippen LogP contribution in [0.4, 0.5) is 5.69 Å². The smallest absolute Gasteiger partial charge is 0.344 e. The van der Waals surface area contributed by atoms with Gasteiger partial charge < -0.3 is 9.47 Å². The Hall–Kier alpha value is -3.33. The average Bonchev–Trinajstić information content (AvgIpc) is 3.10. The normalized spacial score (nSPS) is 11.3. The van der Waals surface area contributed by atoms with Crippen molar-refractivity contribution in [3.05, 3.63) is 69.9 Å². The number of unbranched alkanes of at least 4 members (excludes halogenated alkanes) is 1. The van der Waals surface area contributed by atoms with Crippen molar-refractivity contribution in [2.45, 2.75) is 62.8 Å². The van der Waals surface area contributed by atoms with E-state index in [2.05, 4.69) is 12.0 Å². The van der Waals surface area contributed by atoms with Crippen LogP contribution in [-0.4, -0.2) is 27.3 Å².